The van der Waals surface area contributed by atoms with E-state index in [1.54, 1.807) is 47.1 Å². The van der Waals surface area contributed by atoms with Gasteiger partial charge < -0.3 is 5.32 Å². The maximum Gasteiger partial charge on any atom is 0.234 e. The molecule has 0 bridgehead atoms. The van der Waals surface area contributed by atoms with Crippen LogP contribution in [0.1, 0.15) is 17.3 Å². The highest BCUT2D eigenvalue weighted by Crippen LogP contribution is 2.28. The first-order valence-electron chi connectivity index (χ1n) is 7.93. The second-order valence-electron chi connectivity index (χ2n) is 5.61. The van der Waals surface area contributed by atoms with Crippen molar-refractivity contribution in [2.75, 3.05) is 11.1 Å². The van der Waals surface area contributed by atoms with Crippen LogP contribution in [-0.2, 0) is 4.79 Å². The molecule has 3 aromatic rings. The molecule has 1 N–H and O–H groups in total. The van der Waals surface area contributed by atoms with Gasteiger partial charge in [0.2, 0.25) is 5.91 Å². The van der Waals surface area contributed by atoms with Crippen LogP contribution in [-0.4, -0.2) is 27.2 Å². The molecule has 0 aliphatic rings. The minimum Gasteiger partial charge on any atom is -0.325 e. The number of rotatable bonds is 6. The lowest BCUT2D eigenvalue weighted by Crippen LogP contribution is -2.14. The molecule has 1 aromatic heterocycles. The van der Waals surface area contributed by atoms with Gasteiger partial charge in [-0.15, -0.1) is 5.10 Å². The smallest absolute Gasteiger partial charge is 0.234 e. The Morgan fingerprint density at radius 1 is 1.18 bits per heavy atom. The van der Waals surface area contributed by atoms with Crippen molar-refractivity contribution in [3.63, 3.8) is 0 Å². The molecule has 5 nitrogen and oxygen atoms in total. The topological polar surface area (TPSA) is 64.0 Å². The Hall–Kier alpha value is -1.71. The van der Waals surface area contributed by atoms with Gasteiger partial charge in [0.1, 0.15) is 0 Å². The summed E-state index contributed by atoms with van der Waals surface area (Å²) < 4.78 is 2.79. The normalized spacial score (nSPS) is 10.7. The molecular formula is C18H13Cl2N3O2S3. The molecular weight excluding hydrogens is 457 g/mol. The van der Waals surface area contributed by atoms with Crippen LogP contribution in [0.5, 0.6) is 0 Å². The zero-order valence-electron chi connectivity index (χ0n) is 14.4. The van der Waals surface area contributed by atoms with Gasteiger partial charge in [0.15, 0.2) is 14.1 Å². The molecule has 0 saturated heterocycles. The molecule has 1 amide bonds. The van der Waals surface area contributed by atoms with Crippen LogP contribution < -0.4 is 5.32 Å². The fourth-order valence-corrected chi connectivity index (χ4v) is 4.67. The van der Waals surface area contributed by atoms with Gasteiger partial charge >= 0.3 is 0 Å². The first-order valence-corrected chi connectivity index (χ1v) is 10.9. The number of nitrogens with zero attached hydrogens (tertiary/aromatic N) is 2. The third-order valence-corrected chi connectivity index (χ3v) is 6.68. The molecule has 1 heterocycles. The summed E-state index contributed by atoms with van der Waals surface area (Å²) in [5.74, 6) is -0.0204. The number of hydrogen-bond donors (Lipinski definition) is 1. The van der Waals surface area contributed by atoms with Crippen LogP contribution in [0.3, 0.4) is 0 Å². The average molecular weight is 470 g/mol. The van der Waals surface area contributed by atoms with Gasteiger partial charge in [-0.05, 0) is 61.6 Å². The van der Waals surface area contributed by atoms with E-state index in [1.807, 2.05) is 0 Å². The zero-order valence-corrected chi connectivity index (χ0v) is 18.4. The SMILES string of the molecule is CC(=O)c1ccc(NC(=O)CSc2nn(-c3ccc(Cl)c(Cl)c3)c(=S)s2)cc1. The number of hydrogen-bond acceptors (Lipinski definition) is 6. The van der Waals surface area contributed by atoms with Crippen molar-refractivity contribution >= 4 is 75.9 Å². The summed E-state index contributed by atoms with van der Waals surface area (Å²) in [7, 11) is 0. The van der Waals surface area contributed by atoms with Gasteiger partial charge in [-0.3, -0.25) is 9.59 Å². The lowest BCUT2D eigenvalue weighted by Gasteiger charge is -2.05. The molecule has 0 aliphatic carbocycles. The lowest BCUT2D eigenvalue weighted by molar-refractivity contribution is -0.113. The molecule has 0 spiro atoms. The van der Waals surface area contributed by atoms with Crippen LogP contribution >= 0.6 is 58.5 Å². The Labute approximate surface area is 184 Å². The minimum absolute atomic E-state index is 0.0211. The van der Waals surface area contributed by atoms with Gasteiger partial charge in [0.05, 0.1) is 21.5 Å². The third kappa shape index (κ3) is 5.21. The predicted molar refractivity (Wildman–Crippen MR) is 118 cm³/mol. The van der Waals surface area contributed by atoms with E-state index in [2.05, 4.69) is 10.4 Å². The van der Waals surface area contributed by atoms with E-state index in [0.717, 1.165) is 0 Å². The quantitative estimate of drug-likeness (QED) is 0.276. The number of carbonyl (C=O) groups excluding carboxylic acids is 2. The van der Waals surface area contributed by atoms with Crippen molar-refractivity contribution < 1.29 is 9.59 Å². The third-order valence-electron chi connectivity index (χ3n) is 3.58. The van der Waals surface area contributed by atoms with E-state index in [4.69, 9.17) is 35.4 Å². The first-order chi connectivity index (χ1) is 13.3. The van der Waals surface area contributed by atoms with E-state index in [0.29, 0.717) is 35.3 Å². The maximum absolute atomic E-state index is 12.2. The number of aromatic nitrogens is 2. The highest BCUT2D eigenvalue weighted by molar-refractivity contribution is 8.01. The maximum atomic E-state index is 12.2. The second kappa shape index (κ2) is 9.19. The molecule has 0 aliphatic heterocycles. The fourth-order valence-electron chi connectivity index (χ4n) is 2.21. The fraction of sp³-hybridized carbons (Fsp3) is 0.111. The summed E-state index contributed by atoms with van der Waals surface area (Å²) in [5.41, 5.74) is 1.93. The summed E-state index contributed by atoms with van der Waals surface area (Å²) in [6.07, 6.45) is 0. The number of halogens is 2. The number of nitrogens with one attached hydrogen (secondary N) is 1. The van der Waals surface area contributed by atoms with Gasteiger partial charge in [-0.2, -0.15) is 0 Å². The molecule has 0 fully saturated rings. The molecule has 28 heavy (non-hydrogen) atoms. The van der Waals surface area contributed by atoms with Crippen molar-refractivity contribution in [2.24, 2.45) is 0 Å². The van der Waals surface area contributed by atoms with Crippen molar-refractivity contribution in [1.82, 2.24) is 9.78 Å². The zero-order chi connectivity index (χ0) is 20.3. The molecule has 3 rings (SSSR count). The van der Waals surface area contributed by atoms with Crippen LogP contribution in [0, 0.1) is 3.95 Å². The van der Waals surface area contributed by atoms with E-state index < -0.39 is 0 Å². The predicted octanol–water partition coefficient (Wildman–Crippen LogP) is 5.90. The highest BCUT2D eigenvalue weighted by Gasteiger charge is 2.11. The van der Waals surface area contributed by atoms with E-state index >= 15 is 0 Å². The summed E-state index contributed by atoms with van der Waals surface area (Å²) in [6.45, 7) is 1.50. The number of amides is 1. The van der Waals surface area contributed by atoms with Crippen LogP contribution in [0.15, 0.2) is 46.8 Å². The van der Waals surface area contributed by atoms with Crippen molar-refractivity contribution in [3.8, 4) is 5.69 Å². The van der Waals surface area contributed by atoms with E-state index in [9.17, 15) is 9.59 Å². The number of ketones is 1. The average Bonchev–Trinajstić information content (AvgIpc) is 3.03. The summed E-state index contributed by atoms with van der Waals surface area (Å²) >= 11 is 19.9. The van der Waals surface area contributed by atoms with Crippen molar-refractivity contribution in [1.29, 1.82) is 0 Å². The molecule has 0 saturated carbocycles. The Morgan fingerprint density at radius 3 is 2.54 bits per heavy atom. The number of carbonyl (C=O) groups is 2. The van der Waals surface area contributed by atoms with Crippen molar-refractivity contribution in [2.45, 2.75) is 11.3 Å². The monoisotopic (exact) mass is 469 g/mol. The summed E-state index contributed by atoms with van der Waals surface area (Å²) in [5, 5.41) is 8.09. The van der Waals surface area contributed by atoms with Gasteiger partial charge in [-0.1, -0.05) is 46.3 Å². The van der Waals surface area contributed by atoms with Gasteiger partial charge in [0.25, 0.3) is 0 Å². The Kier molecular flexibility index (Phi) is 6.90. The van der Waals surface area contributed by atoms with Crippen LogP contribution in [0.25, 0.3) is 5.69 Å². The molecule has 0 atom stereocenters. The molecule has 2 aromatic carbocycles. The minimum atomic E-state index is -0.178. The van der Waals surface area contributed by atoms with E-state index in [1.165, 1.54) is 30.0 Å². The molecule has 0 unspecified atom stereocenters. The standard InChI is InChI=1S/C18H13Cl2N3O2S3/c1-10(24)11-2-4-12(5-3-11)21-16(25)9-27-17-22-23(18(26)28-17)13-6-7-14(19)15(20)8-13/h2-8H,9H2,1H3,(H,21,25). The Balaban J connectivity index is 1.63. The van der Waals surface area contributed by atoms with Crippen LogP contribution in [0.4, 0.5) is 5.69 Å². The molecule has 144 valence electrons. The number of anilines is 1. The summed E-state index contributed by atoms with van der Waals surface area (Å²) in [6, 6.07) is 11.9. The first kappa shape index (κ1) is 21.0. The number of benzene rings is 2. The van der Waals surface area contributed by atoms with Gasteiger partial charge in [-0.25, -0.2) is 4.68 Å². The largest absolute Gasteiger partial charge is 0.325 e. The van der Waals surface area contributed by atoms with E-state index in [-0.39, 0.29) is 17.4 Å². The number of thioether (sulfide) groups is 1. The Morgan fingerprint density at radius 2 is 1.89 bits per heavy atom. The molecule has 0 radical (unpaired) electrons. The highest BCUT2D eigenvalue weighted by atomic mass is 35.5. The van der Waals surface area contributed by atoms with Crippen molar-refractivity contribution in [3.05, 3.63) is 62.0 Å². The summed E-state index contributed by atoms with van der Waals surface area (Å²) in [4.78, 5) is 23.4. The second-order valence-corrected chi connectivity index (χ2v) is 9.27. The van der Waals surface area contributed by atoms with Crippen LogP contribution in [0.2, 0.25) is 10.0 Å². The lowest BCUT2D eigenvalue weighted by atomic mass is 10.1. The van der Waals surface area contributed by atoms with Gasteiger partial charge in [0, 0.05) is 11.3 Å². The molecule has 10 heteroatoms. The number of Topliss-reactive ketones (excluding diaryl/α,β-unsaturated/α-hetero) is 1. The Bertz CT molecular complexity index is 1090.